The lowest BCUT2D eigenvalue weighted by Gasteiger charge is -2.38. The highest BCUT2D eigenvalue weighted by molar-refractivity contribution is 5.75. The maximum atomic E-state index is 13.1. The summed E-state index contributed by atoms with van der Waals surface area (Å²) in [7, 11) is 0. The molecular formula is C20H23F2N3O. The fourth-order valence-corrected chi connectivity index (χ4v) is 3.10. The number of carbonyl (C=O) groups is 1. The van der Waals surface area contributed by atoms with Crippen molar-refractivity contribution in [3.63, 3.8) is 0 Å². The molecular weight excluding hydrogens is 336 g/mol. The second kappa shape index (κ2) is 7.32. The molecule has 1 heterocycles. The van der Waals surface area contributed by atoms with Crippen LogP contribution in [0.4, 0.5) is 19.3 Å². The Morgan fingerprint density at radius 2 is 1.38 bits per heavy atom. The Hall–Kier alpha value is -2.63. The SMILES string of the molecule is CC(C)(NC(=O)N1CCN(c2ccc(F)cc2)CC1)c1ccc(F)cc1. The largest absolute Gasteiger partial charge is 0.368 e. The Bertz CT molecular complexity index is 752. The van der Waals surface area contributed by atoms with Gasteiger partial charge in [-0.25, -0.2) is 13.6 Å². The predicted octanol–water partition coefficient (Wildman–Crippen LogP) is 3.73. The molecule has 2 aromatic carbocycles. The number of urea groups is 1. The molecule has 0 saturated carbocycles. The minimum absolute atomic E-state index is 0.141. The van der Waals surface area contributed by atoms with E-state index >= 15 is 0 Å². The average Bonchev–Trinajstić information content (AvgIpc) is 2.62. The van der Waals surface area contributed by atoms with Gasteiger partial charge in [0.2, 0.25) is 0 Å². The van der Waals surface area contributed by atoms with Crippen LogP contribution in [0.15, 0.2) is 48.5 Å². The van der Waals surface area contributed by atoms with Gasteiger partial charge in [0.1, 0.15) is 11.6 Å². The number of nitrogens with zero attached hydrogens (tertiary/aromatic N) is 2. The molecule has 3 rings (SSSR count). The number of carbonyl (C=O) groups excluding carboxylic acids is 1. The van der Waals surface area contributed by atoms with E-state index in [0.29, 0.717) is 26.2 Å². The molecule has 0 aromatic heterocycles. The molecule has 0 aliphatic carbocycles. The molecule has 0 unspecified atom stereocenters. The summed E-state index contributed by atoms with van der Waals surface area (Å²) in [4.78, 5) is 16.5. The molecule has 138 valence electrons. The van der Waals surface area contributed by atoms with Crippen LogP contribution in [0.2, 0.25) is 0 Å². The van der Waals surface area contributed by atoms with Crippen molar-refractivity contribution in [1.82, 2.24) is 10.2 Å². The van der Waals surface area contributed by atoms with Crippen molar-refractivity contribution < 1.29 is 13.6 Å². The van der Waals surface area contributed by atoms with Gasteiger partial charge in [0, 0.05) is 31.9 Å². The van der Waals surface area contributed by atoms with Crippen LogP contribution in [-0.4, -0.2) is 37.1 Å². The van der Waals surface area contributed by atoms with E-state index in [9.17, 15) is 13.6 Å². The Balaban J connectivity index is 1.58. The number of halogens is 2. The van der Waals surface area contributed by atoms with Gasteiger partial charge in [0.05, 0.1) is 5.54 Å². The second-order valence-corrected chi connectivity index (χ2v) is 7.01. The monoisotopic (exact) mass is 359 g/mol. The van der Waals surface area contributed by atoms with Gasteiger partial charge in [-0.2, -0.15) is 0 Å². The van der Waals surface area contributed by atoms with Crippen LogP contribution in [0.25, 0.3) is 0 Å². The third kappa shape index (κ3) is 4.12. The summed E-state index contributed by atoms with van der Waals surface area (Å²) in [6.07, 6.45) is 0. The maximum absolute atomic E-state index is 13.1. The lowest BCUT2D eigenvalue weighted by atomic mass is 9.94. The van der Waals surface area contributed by atoms with Crippen LogP contribution in [0, 0.1) is 11.6 Å². The number of benzene rings is 2. The van der Waals surface area contributed by atoms with E-state index < -0.39 is 5.54 Å². The van der Waals surface area contributed by atoms with Gasteiger partial charge in [-0.15, -0.1) is 0 Å². The van der Waals surface area contributed by atoms with E-state index in [0.717, 1.165) is 11.3 Å². The molecule has 1 fully saturated rings. The minimum Gasteiger partial charge on any atom is -0.368 e. The number of anilines is 1. The Kier molecular flexibility index (Phi) is 5.11. The van der Waals surface area contributed by atoms with Gasteiger partial charge >= 0.3 is 6.03 Å². The first kappa shape index (κ1) is 18.2. The first-order valence-electron chi connectivity index (χ1n) is 8.69. The van der Waals surface area contributed by atoms with Crippen molar-refractivity contribution in [2.75, 3.05) is 31.1 Å². The number of hydrogen-bond acceptors (Lipinski definition) is 2. The van der Waals surface area contributed by atoms with Gasteiger partial charge < -0.3 is 15.1 Å². The highest BCUT2D eigenvalue weighted by Gasteiger charge is 2.27. The standard InChI is InChI=1S/C20H23F2N3O/c1-20(2,15-3-5-16(21)6-4-15)23-19(26)25-13-11-24(12-14-25)18-9-7-17(22)8-10-18/h3-10H,11-14H2,1-2H3,(H,23,26). The zero-order valence-corrected chi connectivity index (χ0v) is 15.0. The van der Waals surface area contributed by atoms with E-state index in [1.807, 2.05) is 13.8 Å². The number of nitrogens with one attached hydrogen (secondary N) is 1. The maximum Gasteiger partial charge on any atom is 0.318 e. The Labute approximate surface area is 152 Å². The van der Waals surface area contributed by atoms with Crippen molar-refractivity contribution in [2.45, 2.75) is 19.4 Å². The lowest BCUT2D eigenvalue weighted by molar-refractivity contribution is 0.183. The number of amides is 2. The van der Waals surface area contributed by atoms with E-state index in [1.165, 1.54) is 24.3 Å². The van der Waals surface area contributed by atoms with Gasteiger partial charge in [-0.05, 0) is 55.8 Å². The van der Waals surface area contributed by atoms with Gasteiger partial charge in [0.15, 0.2) is 0 Å². The van der Waals surface area contributed by atoms with Crippen molar-refractivity contribution in [3.05, 3.63) is 65.7 Å². The Morgan fingerprint density at radius 3 is 1.92 bits per heavy atom. The van der Waals surface area contributed by atoms with Crippen molar-refractivity contribution in [2.24, 2.45) is 0 Å². The quantitative estimate of drug-likeness (QED) is 0.906. The van der Waals surface area contributed by atoms with Gasteiger partial charge in [-0.3, -0.25) is 0 Å². The summed E-state index contributed by atoms with van der Waals surface area (Å²) in [6.45, 7) is 6.34. The molecule has 2 amide bonds. The highest BCUT2D eigenvalue weighted by Crippen LogP contribution is 2.21. The zero-order chi connectivity index (χ0) is 18.7. The fraction of sp³-hybridized carbons (Fsp3) is 0.350. The summed E-state index contributed by atoms with van der Waals surface area (Å²) in [5.74, 6) is -0.553. The fourth-order valence-electron chi connectivity index (χ4n) is 3.10. The molecule has 2 aromatic rings. The zero-order valence-electron chi connectivity index (χ0n) is 15.0. The van der Waals surface area contributed by atoms with E-state index in [2.05, 4.69) is 10.2 Å². The molecule has 0 radical (unpaired) electrons. The smallest absolute Gasteiger partial charge is 0.318 e. The Morgan fingerprint density at radius 1 is 0.885 bits per heavy atom. The minimum atomic E-state index is -0.598. The lowest BCUT2D eigenvalue weighted by Crippen LogP contribution is -2.55. The van der Waals surface area contributed by atoms with E-state index in [1.54, 1.807) is 29.2 Å². The average molecular weight is 359 g/mol. The summed E-state index contributed by atoms with van der Waals surface area (Å²) >= 11 is 0. The molecule has 1 aliphatic rings. The van der Waals surface area contributed by atoms with Gasteiger partial charge in [0.25, 0.3) is 0 Å². The second-order valence-electron chi connectivity index (χ2n) is 7.01. The van der Waals surface area contributed by atoms with Crippen LogP contribution in [0.1, 0.15) is 19.4 Å². The first-order valence-corrected chi connectivity index (χ1v) is 8.69. The first-order chi connectivity index (χ1) is 12.3. The van der Waals surface area contributed by atoms with Gasteiger partial charge in [-0.1, -0.05) is 12.1 Å². The third-order valence-electron chi connectivity index (χ3n) is 4.74. The number of hydrogen-bond donors (Lipinski definition) is 1. The molecule has 1 aliphatic heterocycles. The molecule has 1 saturated heterocycles. The number of rotatable bonds is 3. The third-order valence-corrected chi connectivity index (χ3v) is 4.74. The van der Waals surface area contributed by atoms with Crippen molar-refractivity contribution in [3.8, 4) is 0 Å². The van der Waals surface area contributed by atoms with E-state index in [-0.39, 0.29) is 17.7 Å². The normalized spacial score (nSPS) is 15.1. The predicted molar refractivity (Wildman–Crippen MR) is 98.1 cm³/mol. The molecule has 1 N–H and O–H groups in total. The molecule has 0 spiro atoms. The number of piperazine rings is 1. The summed E-state index contributed by atoms with van der Waals surface area (Å²) < 4.78 is 26.1. The molecule has 0 bridgehead atoms. The topological polar surface area (TPSA) is 35.6 Å². The molecule has 6 heteroatoms. The highest BCUT2D eigenvalue weighted by atomic mass is 19.1. The van der Waals surface area contributed by atoms with E-state index in [4.69, 9.17) is 0 Å². The van der Waals surface area contributed by atoms with Crippen LogP contribution < -0.4 is 10.2 Å². The van der Waals surface area contributed by atoms with Crippen LogP contribution in [0.5, 0.6) is 0 Å². The van der Waals surface area contributed by atoms with Crippen LogP contribution in [0.3, 0.4) is 0 Å². The molecule has 4 nitrogen and oxygen atoms in total. The van der Waals surface area contributed by atoms with Crippen LogP contribution >= 0.6 is 0 Å². The van der Waals surface area contributed by atoms with Crippen LogP contribution in [-0.2, 0) is 5.54 Å². The molecule has 26 heavy (non-hydrogen) atoms. The molecule has 0 atom stereocenters. The van der Waals surface area contributed by atoms with Crippen molar-refractivity contribution in [1.29, 1.82) is 0 Å². The van der Waals surface area contributed by atoms with Crippen molar-refractivity contribution >= 4 is 11.7 Å². The summed E-state index contributed by atoms with van der Waals surface area (Å²) in [6, 6.07) is 12.4. The summed E-state index contributed by atoms with van der Waals surface area (Å²) in [5, 5.41) is 3.02. The summed E-state index contributed by atoms with van der Waals surface area (Å²) in [5.41, 5.74) is 1.20.